The van der Waals surface area contributed by atoms with Crippen LogP contribution < -0.4 is 14.4 Å². The zero-order valence-electron chi connectivity index (χ0n) is 17.1. The molecule has 0 aromatic heterocycles. The molecule has 0 spiro atoms. The number of aryl methyl sites for hydroxylation is 1. The predicted octanol–water partition coefficient (Wildman–Crippen LogP) is 3.46. The van der Waals surface area contributed by atoms with Gasteiger partial charge in [0, 0.05) is 11.4 Å². The van der Waals surface area contributed by atoms with Crippen LogP contribution in [0.3, 0.4) is 0 Å². The molecule has 2 aromatic carbocycles. The zero-order chi connectivity index (χ0) is 21.3. The van der Waals surface area contributed by atoms with Gasteiger partial charge in [-0.3, -0.25) is 9.10 Å². The van der Waals surface area contributed by atoms with Gasteiger partial charge in [0.05, 0.1) is 18.6 Å². The molecule has 158 valence electrons. The summed E-state index contributed by atoms with van der Waals surface area (Å²) in [4.78, 5) is 13.5. The van der Waals surface area contributed by atoms with E-state index in [9.17, 15) is 13.2 Å². The largest absolute Gasteiger partial charge is 0.492 e. The molecule has 0 unspecified atom stereocenters. The molecule has 2 aromatic rings. The predicted molar refractivity (Wildman–Crippen MR) is 119 cm³/mol. The Hall–Kier alpha value is -2.19. The lowest BCUT2D eigenvalue weighted by atomic mass is 10.2. The van der Waals surface area contributed by atoms with Gasteiger partial charge in [0.25, 0.3) is 0 Å². The number of benzene rings is 2. The molecule has 2 rings (SSSR count). The van der Waals surface area contributed by atoms with Crippen LogP contribution in [0.5, 0.6) is 5.75 Å². The number of thioether (sulfide) groups is 1. The first-order valence-corrected chi connectivity index (χ1v) is 12.3. The zero-order valence-corrected chi connectivity index (χ0v) is 18.7. The van der Waals surface area contributed by atoms with Crippen molar-refractivity contribution < 1.29 is 17.9 Å². The summed E-state index contributed by atoms with van der Waals surface area (Å²) in [7, 11) is -3.64. The number of rotatable bonds is 11. The molecule has 0 heterocycles. The third-order valence-electron chi connectivity index (χ3n) is 4.05. The highest BCUT2D eigenvalue weighted by Crippen LogP contribution is 2.29. The first kappa shape index (κ1) is 23.1. The SMILES string of the molecule is CCOc1ccccc1N(CC(=O)NCCCSc1ccc(C)cc1)S(C)(=O)=O. The van der Waals surface area contributed by atoms with Crippen LogP contribution in [0, 0.1) is 6.92 Å². The van der Waals surface area contributed by atoms with Crippen LogP contribution in [0.2, 0.25) is 0 Å². The lowest BCUT2D eigenvalue weighted by Crippen LogP contribution is -2.40. The highest BCUT2D eigenvalue weighted by Gasteiger charge is 2.23. The Morgan fingerprint density at radius 3 is 2.48 bits per heavy atom. The lowest BCUT2D eigenvalue weighted by molar-refractivity contribution is -0.119. The lowest BCUT2D eigenvalue weighted by Gasteiger charge is -2.24. The summed E-state index contributed by atoms with van der Waals surface area (Å²) in [5.41, 5.74) is 1.59. The number of ether oxygens (including phenoxy) is 1. The average molecular weight is 437 g/mol. The number of hydrogen-bond donors (Lipinski definition) is 1. The second-order valence-electron chi connectivity index (χ2n) is 6.54. The maximum Gasteiger partial charge on any atom is 0.240 e. The molecule has 29 heavy (non-hydrogen) atoms. The second-order valence-corrected chi connectivity index (χ2v) is 9.61. The Kier molecular flexibility index (Phi) is 8.85. The molecule has 0 atom stereocenters. The summed E-state index contributed by atoms with van der Waals surface area (Å²) >= 11 is 1.73. The van der Waals surface area contributed by atoms with Gasteiger partial charge < -0.3 is 10.1 Å². The van der Waals surface area contributed by atoms with Crippen molar-refractivity contribution >= 4 is 33.4 Å². The fourth-order valence-electron chi connectivity index (χ4n) is 2.63. The van der Waals surface area contributed by atoms with Crippen molar-refractivity contribution in [2.75, 3.05) is 36.0 Å². The van der Waals surface area contributed by atoms with Crippen molar-refractivity contribution in [2.24, 2.45) is 0 Å². The fourth-order valence-corrected chi connectivity index (χ4v) is 4.35. The molecule has 0 saturated heterocycles. The summed E-state index contributed by atoms with van der Waals surface area (Å²) in [6, 6.07) is 15.1. The van der Waals surface area contributed by atoms with Crippen molar-refractivity contribution in [1.29, 1.82) is 0 Å². The molecule has 8 heteroatoms. The highest BCUT2D eigenvalue weighted by atomic mass is 32.2. The van der Waals surface area contributed by atoms with Crippen LogP contribution in [-0.2, 0) is 14.8 Å². The van der Waals surface area contributed by atoms with Crippen molar-refractivity contribution in [3.05, 3.63) is 54.1 Å². The van der Waals surface area contributed by atoms with Crippen LogP contribution in [0.4, 0.5) is 5.69 Å². The first-order chi connectivity index (χ1) is 13.8. The molecular formula is C21H28N2O4S2. The molecule has 1 amide bonds. The second kappa shape index (κ2) is 11.1. The van der Waals surface area contributed by atoms with Gasteiger partial charge >= 0.3 is 0 Å². The summed E-state index contributed by atoms with van der Waals surface area (Å²) < 4.78 is 31.1. The smallest absolute Gasteiger partial charge is 0.240 e. The first-order valence-electron chi connectivity index (χ1n) is 9.47. The van der Waals surface area contributed by atoms with Gasteiger partial charge in [0.1, 0.15) is 12.3 Å². The number of carbonyl (C=O) groups is 1. The van der Waals surface area contributed by atoms with Crippen molar-refractivity contribution in [1.82, 2.24) is 5.32 Å². The number of carbonyl (C=O) groups excluding carboxylic acids is 1. The molecule has 0 fully saturated rings. The van der Waals surface area contributed by atoms with Crippen LogP contribution in [0.1, 0.15) is 18.9 Å². The van der Waals surface area contributed by atoms with Gasteiger partial charge in [0.15, 0.2) is 0 Å². The Morgan fingerprint density at radius 2 is 1.83 bits per heavy atom. The molecule has 1 N–H and O–H groups in total. The Labute approximate surface area is 177 Å². The fraction of sp³-hybridized carbons (Fsp3) is 0.381. The highest BCUT2D eigenvalue weighted by molar-refractivity contribution is 7.99. The Balaban J connectivity index is 1.88. The van der Waals surface area contributed by atoms with Gasteiger partial charge in [-0.25, -0.2) is 8.42 Å². The maximum atomic E-state index is 12.3. The monoisotopic (exact) mass is 436 g/mol. The van der Waals surface area contributed by atoms with Gasteiger partial charge in [-0.15, -0.1) is 11.8 Å². The van der Waals surface area contributed by atoms with E-state index in [0.29, 0.717) is 24.6 Å². The minimum absolute atomic E-state index is 0.284. The number of hydrogen-bond acceptors (Lipinski definition) is 5. The van der Waals surface area contributed by atoms with Crippen molar-refractivity contribution in [2.45, 2.75) is 25.2 Å². The minimum atomic E-state index is -3.64. The number of amides is 1. The number of para-hydroxylation sites is 2. The maximum absolute atomic E-state index is 12.3. The van der Waals surface area contributed by atoms with E-state index in [2.05, 4.69) is 36.5 Å². The van der Waals surface area contributed by atoms with Crippen LogP contribution in [0.15, 0.2) is 53.4 Å². The third-order valence-corrected chi connectivity index (χ3v) is 6.28. The van der Waals surface area contributed by atoms with E-state index in [4.69, 9.17) is 4.74 Å². The Morgan fingerprint density at radius 1 is 1.14 bits per heavy atom. The molecule has 0 aliphatic rings. The van der Waals surface area contributed by atoms with E-state index in [0.717, 1.165) is 22.7 Å². The summed E-state index contributed by atoms with van der Waals surface area (Å²) in [6.45, 7) is 4.48. The minimum Gasteiger partial charge on any atom is -0.492 e. The molecule has 0 saturated carbocycles. The summed E-state index contributed by atoms with van der Waals surface area (Å²) in [5.74, 6) is 0.955. The molecule has 6 nitrogen and oxygen atoms in total. The van der Waals surface area contributed by atoms with E-state index >= 15 is 0 Å². The average Bonchev–Trinajstić information content (AvgIpc) is 2.67. The van der Waals surface area contributed by atoms with Crippen molar-refractivity contribution in [3.63, 3.8) is 0 Å². The van der Waals surface area contributed by atoms with Crippen molar-refractivity contribution in [3.8, 4) is 5.75 Å². The van der Waals surface area contributed by atoms with E-state index in [1.54, 1.807) is 36.0 Å². The van der Waals surface area contributed by atoms with Crippen LogP contribution >= 0.6 is 11.8 Å². The molecule has 0 bridgehead atoms. The normalized spacial score (nSPS) is 11.1. The van der Waals surface area contributed by atoms with E-state index in [-0.39, 0.29) is 12.5 Å². The van der Waals surface area contributed by atoms with Crippen LogP contribution in [-0.4, -0.2) is 46.0 Å². The molecule has 0 aliphatic heterocycles. The van der Waals surface area contributed by atoms with Gasteiger partial charge in [-0.2, -0.15) is 0 Å². The van der Waals surface area contributed by atoms with E-state index in [1.807, 2.05) is 6.92 Å². The standard InChI is InChI=1S/C21H28N2O4S2/c1-4-27-20-9-6-5-8-19(20)23(29(3,25)26)16-21(24)22-14-7-15-28-18-12-10-17(2)11-13-18/h5-6,8-13H,4,7,14-16H2,1-3H3,(H,22,24). The summed E-state index contributed by atoms with van der Waals surface area (Å²) in [5, 5.41) is 2.80. The number of nitrogens with zero attached hydrogens (tertiary/aromatic N) is 1. The number of anilines is 1. The number of sulfonamides is 1. The van der Waals surface area contributed by atoms with Gasteiger partial charge in [0.2, 0.25) is 15.9 Å². The molecule has 0 radical (unpaired) electrons. The summed E-state index contributed by atoms with van der Waals surface area (Å²) in [6.07, 6.45) is 1.87. The topological polar surface area (TPSA) is 75.7 Å². The van der Waals surface area contributed by atoms with Gasteiger partial charge in [-0.05, 0) is 50.3 Å². The quantitative estimate of drug-likeness (QED) is 0.431. The van der Waals surface area contributed by atoms with E-state index < -0.39 is 10.0 Å². The third kappa shape index (κ3) is 7.62. The van der Waals surface area contributed by atoms with Gasteiger partial charge in [-0.1, -0.05) is 29.8 Å². The number of nitrogens with one attached hydrogen (secondary N) is 1. The van der Waals surface area contributed by atoms with Crippen LogP contribution in [0.25, 0.3) is 0 Å². The Bertz CT molecular complexity index is 899. The van der Waals surface area contributed by atoms with E-state index in [1.165, 1.54) is 10.5 Å². The molecule has 0 aliphatic carbocycles. The molecular weight excluding hydrogens is 408 g/mol.